The van der Waals surface area contributed by atoms with Gasteiger partial charge in [-0.2, -0.15) is 5.26 Å². The first kappa shape index (κ1) is 15.4. The maximum Gasteiger partial charge on any atom is 0.0978 e. The first-order valence-corrected chi connectivity index (χ1v) is 7.75. The van der Waals surface area contributed by atoms with Crippen LogP contribution in [0.3, 0.4) is 0 Å². The van der Waals surface area contributed by atoms with Gasteiger partial charge in [0.2, 0.25) is 0 Å². The smallest absolute Gasteiger partial charge is 0.0978 e. The van der Waals surface area contributed by atoms with Crippen LogP contribution < -0.4 is 0 Å². The summed E-state index contributed by atoms with van der Waals surface area (Å²) in [6.45, 7) is 4.14. The number of aliphatic hydroxyl groups excluding tert-OH is 1. The summed E-state index contributed by atoms with van der Waals surface area (Å²) in [5.74, 6) is 0.704. The molecular weight excluding hydrogens is 270 g/mol. The van der Waals surface area contributed by atoms with E-state index in [1.807, 2.05) is 19.1 Å². The lowest BCUT2D eigenvalue weighted by Gasteiger charge is -2.38. The highest BCUT2D eigenvalue weighted by atomic mass is 35.5. The molecular formula is C17H22ClNO. The fraction of sp³-hybridized carbons (Fsp3) is 0.588. The normalized spacial score (nSPS) is 27.9. The van der Waals surface area contributed by atoms with Crippen molar-refractivity contribution in [3.63, 3.8) is 0 Å². The molecule has 1 fully saturated rings. The summed E-state index contributed by atoms with van der Waals surface area (Å²) in [6, 6.07) is 7.91. The molecule has 1 unspecified atom stereocenters. The van der Waals surface area contributed by atoms with Gasteiger partial charge in [0.05, 0.1) is 17.6 Å². The second-order valence-electron chi connectivity index (χ2n) is 6.02. The summed E-state index contributed by atoms with van der Waals surface area (Å²) in [7, 11) is 0. The molecule has 2 nitrogen and oxygen atoms in total. The predicted octanol–water partition coefficient (Wildman–Crippen LogP) is 4.79. The number of hydrogen-bond acceptors (Lipinski definition) is 2. The van der Waals surface area contributed by atoms with Crippen LogP contribution in [0.5, 0.6) is 0 Å². The van der Waals surface area contributed by atoms with E-state index in [0.717, 1.165) is 43.2 Å². The molecule has 0 radical (unpaired) electrons. The summed E-state index contributed by atoms with van der Waals surface area (Å²) in [4.78, 5) is 0. The second-order valence-corrected chi connectivity index (χ2v) is 6.46. The monoisotopic (exact) mass is 291 g/mol. The van der Waals surface area contributed by atoms with Crippen LogP contribution >= 0.6 is 11.6 Å². The van der Waals surface area contributed by atoms with Gasteiger partial charge in [0.25, 0.3) is 0 Å². The van der Waals surface area contributed by atoms with Gasteiger partial charge in [-0.25, -0.2) is 0 Å². The number of hydrogen-bond donors (Lipinski definition) is 1. The quantitative estimate of drug-likeness (QED) is 0.870. The average molecular weight is 292 g/mol. The van der Waals surface area contributed by atoms with Crippen molar-refractivity contribution in [1.82, 2.24) is 0 Å². The van der Waals surface area contributed by atoms with Crippen molar-refractivity contribution in [1.29, 1.82) is 5.26 Å². The topological polar surface area (TPSA) is 44.0 Å². The highest BCUT2D eigenvalue weighted by Crippen LogP contribution is 2.48. The van der Waals surface area contributed by atoms with Gasteiger partial charge >= 0.3 is 0 Å². The minimum absolute atomic E-state index is 0.635. The number of aliphatic hydroxyl groups is 1. The third-order valence-electron chi connectivity index (χ3n) is 4.85. The van der Waals surface area contributed by atoms with E-state index in [2.05, 4.69) is 13.0 Å². The molecule has 1 aliphatic rings. The Labute approximate surface area is 126 Å². The maximum atomic E-state index is 10.8. The van der Waals surface area contributed by atoms with E-state index >= 15 is 0 Å². The van der Waals surface area contributed by atoms with Crippen LogP contribution in [-0.2, 0) is 0 Å². The van der Waals surface area contributed by atoms with Crippen LogP contribution in [0.25, 0.3) is 0 Å². The van der Waals surface area contributed by atoms with Gasteiger partial charge in [-0.05, 0) is 61.8 Å². The standard InChI is InChI=1S/C17H22ClNO/c1-3-13-6-8-17(11-19,9-7-13)16(20)15-5-4-14(18)10-12(15)2/h4-5,10,13,16,20H,3,6-9H2,1-2H3. The van der Waals surface area contributed by atoms with Crippen molar-refractivity contribution in [2.24, 2.45) is 11.3 Å². The minimum atomic E-state index is -0.720. The lowest BCUT2D eigenvalue weighted by Crippen LogP contribution is -2.32. The number of aryl methyl sites for hydroxylation is 1. The van der Waals surface area contributed by atoms with E-state index in [4.69, 9.17) is 11.6 Å². The zero-order chi connectivity index (χ0) is 14.8. The highest BCUT2D eigenvalue weighted by Gasteiger charge is 2.42. The number of halogens is 1. The minimum Gasteiger partial charge on any atom is -0.387 e. The molecule has 1 N–H and O–H groups in total. The van der Waals surface area contributed by atoms with E-state index in [-0.39, 0.29) is 0 Å². The van der Waals surface area contributed by atoms with Crippen LogP contribution in [0.1, 0.15) is 56.3 Å². The Bertz CT molecular complexity index is 512. The van der Waals surface area contributed by atoms with E-state index in [1.165, 1.54) is 0 Å². The molecule has 2 rings (SSSR count). The molecule has 0 aromatic heterocycles. The van der Waals surface area contributed by atoms with Gasteiger partial charge in [-0.15, -0.1) is 0 Å². The van der Waals surface area contributed by atoms with E-state index < -0.39 is 11.5 Å². The molecule has 20 heavy (non-hydrogen) atoms. The third-order valence-corrected chi connectivity index (χ3v) is 5.08. The fourth-order valence-electron chi connectivity index (χ4n) is 3.29. The third kappa shape index (κ3) is 2.85. The lowest BCUT2D eigenvalue weighted by atomic mass is 9.66. The van der Waals surface area contributed by atoms with Gasteiger partial charge in [0, 0.05) is 5.02 Å². The molecule has 1 aromatic rings. The Morgan fingerprint density at radius 3 is 2.60 bits per heavy atom. The molecule has 1 aliphatic carbocycles. The Balaban J connectivity index is 2.26. The van der Waals surface area contributed by atoms with Crippen molar-refractivity contribution >= 4 is 11.6 Å². The Kier molecular flexibility index (Phi) is 4.73. The van der Waals surface area contributed by atoms with Crippen molar-refractivity contribution in [3.8, 4) is 6.07 Å². The van der Waals surface area contributed by atoms with E-state index in [9.17, 15) is 10.4 Å². The molecule has 3 heteroatoms. The zero-order valence-corrected chi connectivity index (χ0v) is 13.0. The Morgan fingerprint density at radius 2 is 2.10 bits per heavy atom. The lowest BCUT2D eigenvalue weighted by molar-refractivity contribution is 0.0238. The molecule has 1 atom stereocenters. The Hall–Kier alpha value is -1.04. The maximum absolute atomic E-state index is 10.8. The van der Waals surface area contributed by atoms with Crippen molar-refractivity contribution in [3.05, 3.63) is 34.3 Å². The van der Waals surface area contributed by atoms with Gasteiger partial charge in [-0.3, -0.25) is 0 Å². The average Bonchev–Trinajstić information content (AvgIpc) is 2.46. The van der Waals surface area contributed by atoms with Crippen molar-refractivity contribution in [2.75, 3.05) is 0 Å². The second kappa shape index (κ2) is 6.16. The molecule has 0 bridgehead atoms. The highest BCUT2D eigenvalue weighted by molar-refractivity contribution is 6.30. The van der Waals surface area contributed by atoms with Crippen LogP contribution in [0, 0.1) is 29.6 Å². The van der Waals surface area contributed by atoms with Crippen LogP contribution in [0.15, 0.2) is 18.2 Å². The Morgan fingerprint density at radius 1 is 1.45 bits per heavy atom. The number of nitriles is 1. The number of nitrogens with zero attached hydrogens (tertiary/aromatic N) is 1. The molecule has 0 amide bonds. The predicted molar refractivity (Wildman–Crippen MR) is 81.4 cm³/mol. The molecule has 1 saturated carbocycles. The van der Waals surface area contributed by atoms with Crippen LogP contribution in [0.2, 0.25) is 5.02 Å². The molecule has 0 aliphatic heterocycles. The first-order chi connectivity index (χ1) is 9.52. The van der Waals surface area contributed by atoms with Crippen molar-refractivity contribution < 1.29 is 5.11 Å². The van der Waals surface area contributed by atoms with Crippen LogP contribution in [0.4, 0.5) is 0 Å². The zero-order valence-electron chi connectivity index (χ0n) is 12.2. The van der Waals surface area contributed by atoms with Gasteiger partial charge < -0.3 is 5.11 Å². The van der Waals surface area contributed by atoms with E-state index in [1.54, 1.807) is 6.07 Å². The number of benzene rings is 1. The van der Waals surface area contributed by atoms with Gasteiger partial charge in [-0.1, -0.05) is 31.0 Å². The molecule has 108 valence electrons. The van der Waals surface area contributed by atoms with Gasteiger partial charge in [0.1, 0.15) is 0 Å². The molecule has 1 aromatic carbocycles. The molecule has 0 saturated heterocycles. The summed E-state index contributed by atoms with van der Waals surface area (Å²) < 4.78 is 0. The SMILES string of the molecule is CCC1CCC(C#N)(C(O)c2ccc(Cl)cc2C)CC1. The van der Waals surface area contributed by atoms with Gasteiger partial charge in [0.15, 0.2) is 0 Å². The first-order valence-electron chi connectivity index (χ1n) is 7.38. The van der Waals surface area contributed by atoms with Crippen LogP contribution in [-0.4, -0.2) is 5.11 Å². The summed E-state index contributed by atoms with van der Waals surface area (Å²) in [6.07, 6.45) is 4.08. The molecule has 0 spiro atoms. The van der Waals surface area contributed by atoms with E-state index in [0.29, 0.717) is 10.9 Å². The largest absolute Gasteiger partial charge is 0.387 e. The van der Waals surface area contributed by atoms with Crippen molar-refractivity contribution in [2.45, 2.75) is 52.1 Å². The fourth-order valence-corrected chi connectivity index (χ4v) is 3.52. The summed E-state index contributed by atoms with van der Waals surface area (Å²) in [5.41, 5.74) is 1.16. The number of rotatable bonds is 3. The summed E-state index contributed by atoms with van der Waals surface area (Å²) in [5, 5.41) is 21.1. The summed E-state index contributed by atoms with van der Waals surface area (Å²) >= 11 is 5.97. The molecule has 0 heterocycles.